The third-order valence-electron chi connectivity index (χ3n) is 4.99. The summed E-state index contributed by atoms with van der Waals surface area (Å²) in [5.41, 5.74) is 0.185. The summed E-state index contributed by atoms with van der Waals surface area (Å²) < 4.78 is 11.1. The highest BCUT2D eigenvalue weighted by Gasteiger charge is 2.63. The second-order valence-corrected chi connectivity index (χ2v) is 5.95. The van der Waals surface area contributed by atoms with E-state index in [1.165, 1.54) is 0 Å². The Labute approximate surface area is 121 Å². The maximum Gasteiger partial charge on any atom is 0.226 e. The van der Waals surface area contributed by atoms with Crippen molar-refractivity contribution in [2.45, 2.75) is 31.5 Å². The van der Waals surface area contributed by atoms with E-state index in [2.05, 4.69) is 15.2 Å². The van der Waals surface area contributed by atoms with Crippen LogP contribution in [0.1, 0.15) is 24.7 Å². The number of ether oxygens (including phenoxy) is 1. The van der Waals surface area contributed by atoms with Gasteiger partial charge in [0.25, 0.3) is 0 Å². The van der Waals surface area contributed by atoms with E-state index in [-0.39, 0.29) is 5.92 Å². The topological polar surface area (TPSA) is 97.7 Å². The van der Waals surface area contributed by atoms with Crippen LogP contribution >= 0.6 is 0 Å². The summed E-state index contributed by atoms with van der Waals surface area (Å²) in [6.45, 7) is 4.51. The van der Waals surface area contributed by atoms with Gasteiger partial charge in [0.15, 0.2) is 5.69 Å². The fraction of sp³-hybridized carbons (Fsp3) is 0.769. The van der Waals surface area contributed by atoms with E-state index in [0.717, 1.165) is 4.74 Å². The molecule has 2 aliphatic heterocycles. The molecule has 8 heteroatoms. The zero-order valence-electron chi connectivity index (χ0n) is 11.9. The van der Waals surface area contributed by atoms with Gasteiger partial charge in [-0.15, -0.1) is 0 Å². The molecule has 21 heavy (non-hydrogen) atoms. The minimum absolute atomic E-state index is 0.297. The van der Waals surface area contributed by atoms with Gasteiger partial charge in [-0.3, -0.25) is 0 Å². The summed E-state index contributed by atoms with van der Waals surface area (Å²) in [5, 5.41) is 31.7. The number of aryl methyl sites for hydroxylation is 1. The quantitative estimate of drug-likeness (QED) is 0.549. The van der Waals surface area contributed by atoms with Crippen molar-refractivity contribution in [1.29, 1.82) is 0 Å². The van der Waals surface area contributed by atoms with Gasteiger partial charge in [-0.2, -0.15) is 4.74 Å². The summed E-state index contributed by atoms with van der Waals surface area (Å²) >= 11 is 0. The normalized spacial score (nSPS) is 36.7. The van der Waals surface area contributed by atoms with E-state index in [1.807, 2.05) is 6.92 Å². The van der Waals surface area contributed by atoms with Crippen molar-refractivity contribution in [2.75, 3.05) is 26.3 Å². The molecular formula is C13H18N4O4. The highest BCUT2D eigenvalue weighted by molar-refractivity contribution is 5.92. The molecule has 0 spiro atoms. The van der Waals surface area contributed by atoms with Gasteiger partial charge in [-0.25, -0.2) is 9.53 Å². The molecule has 1 saturated heterocycles. The highest BCUT2D eigenvalue weighted by Crippen LogP contribution is 2.44. The number of nitrogens with zero attached hydrogens (tertiary/aromatic N) is 4. The standard InChI is InChI=1S/C13H18N4O4/c1-8-12(16-4-6-20-7-5-16)17(19)10-3-2-9-11(13(8,10)18)15-21-14-9/h8,12,18H,2-7H2,1H3/t8-,12-,13-/m1/s1. The number of hydrogen-bond acceptors (Lipinski definition) is 7. The fourth-order valence-electron chi connectivity index (χ4n) is 3.87. The van der Waals surface area contributed by atoms with Crippen LogP contribution in [0.3, 0.4) is 0 Å². The maximum atomic E-state index is 12.7. The smallest absolute Gasteiger partial charge is 0.226 e. The summed E-state index contributed by atoms with van der Waals surface area (Å²) in [6.07, 6.45) is 0.681. The summed E-state index contributed by atoms with van der Waals surface area (Å²) in [6, 6.07) is 0. The number of fused-ring (bicyclic) bond motifs is 3. The van der Waals surface area contributed by atoms with Crippen molar-refractivity contribution in [2.24, 2.45) is 5.92 Å². The lowest BCUT2D eigenvalue weighted by Crippen LogP contribution is -2.51. The molecule has 0 unspecified atom stereocenters. The van der Waals surface area contributed by atoms with Crippen LogP contribution in [0.15, 0.2) is 4.63 Å². The van der Waals surface area contributed by atoms with Crippen LogP contribution in [-0.4, -0.2) is 63.2 Å². The molecule has 114 valence electrons. The average molecular weight is 294 g/mol. The van der Waals surface area contributed by atoms with Crippen molar-refractivity contribution in [3.05, 3.63) is 16.6 Å². The summed E-state index contributed by atoms with van der Waals surface area (Å²) in [7, 11) is 0. The van der Waals surface area contributed by atoms with Gasteiger partial charge in [0.1, 0.15) is 5.69 Å². The van der Waals surface area contributed by atoms with E-state index in [9.17, 15) is 10.3 Å². The molecule has 0 saturated carbocycles. The molecule has 0 bridgehead atoms. The van der Waals surface area contributed by atoms with E-state index < -0.39 is 11.8 Å². The van der Waals surface area contributed by atoms with Gasteiger partial charge >= 0.3 is 0 Å². The van der Waals surface area contributed by atoms with Gasteiger partial charge in [0.2, 0.25) is 17.5 Å². The average Bonchev–Trinajstić information content (AvgIpc) is 3.04. The molecule has 1 aliphatic carbocycles. The van der Waals surface area contributed by atoms with Crippen molar-refractivity contribution < 1.29 is 19.2 Å². The number of hydrogen-bond donors (Lipinski definition) is 1. The van der Waals surface area contributed by atoms with Crippen LogP contribution < -0.4 is 0 Å². The Kier molecular flexibility index (Phi) is 2.82. The Hall–Kier alpha value is -1.51. The van der Waals surface area contributed by atoms with E-state index in [0.29, 0.717) is 56.2 Å². The second kappa shape index (κ2) is 4.49. The van der Waals surface area contributed by atoms with E-state index in [4.69, 9.17) is 9.37 Å². The monoisotopic (exact) mass is 294 g/mol. The first-order valence-electron chi connectivity index (χ1n) is 7.32. The van der Waals surface area contributed by atoms with Crippen LogP contribution in [0.2, 0.25) is 0 Å². The minimum Gasteiger partial charge on any atom is -0.623 e. The molecule has 4 rings (SSSR count). The molecule has 1 fully saturated rings. The highest BCUT2D eigenvalue weighted by atomic mass is 16.6. The summed E-state index contributed by atoms with van der Waals surface area (Å²) in [4.78, 5) is 2.08. The first-order chi connectivity index (χ1) is 10.1. The maximum absolute atomic E-state index is 12.7. The van der Waals surface area contributed by atoms with E-state index in [1.54, 1.807) is 0 Å². The molecule has 3 atom stereocenters. The lowest BCUT2D eigenvalue weighted by molar-refractivity contribution is -0.531. The third kappa shape index (κ3) is 1.63. The molecule has 1 N–H and O–H groups in total. The number of rotatable bonds is 1. The predicted molar refractivity (Wildman–Crippen MR) is 70.5 cm³/mol. The van der Waals surface area contributed by atoms with E-state index >= 15 is 0 Å². The van der Waals surface area contributed by atoms with Crippen molar-refractivity contribution in [3.8, 4) is 0 Å². The van der Waals surface area contributed by atoms with Gasteiger partial charge in [0, 0.05) is 25.9 Å². The van der Waals surface area contributed by atoms with Gasteiger partial charge in [-0.05, 0) is 0 Å². The lowest BCUT2D eigenvalue weighted by Gasteiger charge is -2.34. The number of aromatic nitrogens is 2. The molecule has 0 amide bonds. The van der Waals surface area contributed by atoms with Crippen LogP contribution in [-0.2, 0) is 16.8 Å². The fourth-order valence-corrected chi connectivity index (χ4v) is 3.87. The Bertz CT molecular complexity index is 595. The first kappa shape index (κ1) is 13.2. The molecule has 3 heterocycles. The Morgan fingerprint density at radius 2 is 2.10 bits per heavy atom. The summed E-state index contributed by atoms with van der Waals surface area (Å²) in [5.74, 6) is -0.297. The van der Waals surface area contributed by atoms with Crippen molar-refractivity contribution >= 4 is 5.71 Å². The van der Waals surface area contributed by atoms with Gasteiger partial charge in [0.05, 0.1) is 19.1 Å². The molecule has 0 radical (unpaired) electrons. The zero-order chi connectivity index (χ0) is 14.6. The first-order valence-corrected chi connectivity index (χ1v) is 7.32. The zero-order valence-corrected chi connectivity index (χ0v) is 11.9. The Balaban J connectivity index is 1.77. The van der Waals surface area contributed by atoms with Gasteiger partial charge < -0.3 is 15.1 Å². The molecule has 1 aromatic heterocycles. The second-order valence-electron chi connectivity index (χ2n) is 5.95. The molecule has 8 nitrogen and oxygen atoms in total. The molecule has 0 aromatic carbocycles. The van der Waals surface area contributed by atoms with Crippen LogP contribution in [0, 0.1) is 11.1 Å². The molecular weight excluding hydrogens is 276 g/mol. The predicted octanol–water partition coefficient (Wildman–Crippen LogP) is -0.537. The Morgan fingerprint density at radius 1 is 1.33 bits per heavy atom. The SMILES string of the molecule is C[C@@H]1[C@H](N2CCOCC2)[N+]([O-])=C2CCc3nonc3[C@]21O. The Morgan fingerprint density at radius 3 is 2.86 bits per heavy atom. The molecule has 3 aliphatic rings. The minimum atomic E-state index is -1.36. The van der Waals surface area contributed by atoms with Crippen LogP contribution in [0.25, 0.3) is 0 Å². The van der Waals surface area contributed by atoms with Crippen LogP contribution in [0.4, 0.5) is 0 Å². The van der Waals surface area contributed by atoms with Crippen molar-refractivity contribution in [3.63, 3.8) is 0 Å². The van der Waals surface area contributed by atoms with Crippen LogP contribution in [0.5, 0.6) is 0 Å². The van der Waals surface area contributed by atoms with Crippen molar-refractivity contribution in [1.82, 2.24) is 15.2 Å². The number of morpholine rings is 1. The third-order valence-corrected chi connectivity index (χ3v) is 4.99. The largest absolute Gasteiger partial charge is 0.623 e. The molecule has 1 aromatic rings. The number of hydroxylamine groups is 1. The van der Waals surface area contributed by atoms with Gasteiger partial charge in [-0.1, -0.05) is 17.2 Å². The lowest BCUT2D eigenvalue weighted by atomic mass is 9.76. The number of aliphatic hydroxyl groups is 1.